The molecule has 0 saturated carbocycles. The molecular formula is C13H21N3O. The van der Waals surface area contributed by atoms with Gasteiger partial charge in [0.1, 0.15) is 0 Å². The molecule has 0 spiro atoms. The second kappa shape index (κ2) is 5.57. The number of amides is 2. The molecule has 4 nitrogen and oxygen atoms in total. The van der Waals surface area contributed by atoms with Gasteiger partial charge in [0.25, 0.3) is 0 Å². The topological polar surface area (TPSA) is 49.6 Å². The van der Waals surface area contributed by atoms with Gasteiger partial charge in [0.15, 0.2) is 0 Å². The molecule has 0 fully saturated rings. The highest BCUT2D eigenvalue weighted by Crippen LogP contribution is 2.21. The Morgan fingerprint density at radius 3 is 2.59 bits per heavy atom. The molecule has 4 heteroatoms. The maximum atomic E-state index is 12.0. The predicted molar refractivity (Wildman–Crippen MR) is 70.7 cm³/mol. The summed E-state index contributed by atoms with van der Waals surface area (Å²) in [6.45, 7) is 4.65. The zero-order chi connectivity index (χ0) is 13.0. The third kappa shape index (κ3) is 3.12. The largest absolute Gasteiger partial charge is 0.399 e. The summed E-state index contributed by atoms with van der Waals surface area (Å²) in [5.41, 5.74) is 7.51. The number of nitrogens with zero attached hydrogens (tertiary/aromatic N) is 2. The molecule has 1 unspecified atom stereocenters. The molecule has 0 aliphatic rings. The monoisotopic (exact) mass is 235 g/mol. The van der Waals surface area contributed by atoms with Crippen LogP contribution in [0, 0.1) is 0 Å². The third-order valence-corrected chi connectivity index (χ3v) is 3.08. The molecule has 0 radical (unpaired) electrons. The molecule has 0 bridgehead atoms. The van der Waals surface area contributed by atoms with E-state index >= 15 is 0 Å². The van der Waals surface area contributed by atoms with Gasteiger partial charge >= 0.3 is 6.03 Å². The van der Waals surface area contributed by atoms with Crippen molar-refractivity contribution in [2.75, 3.05) is 26.4 Å². The van der Waals surface area contributed by atoms with Crippen LogP contribution >= 0.6 is 0 Å². The van der Waals surface area contributed by atoms with E-state index in [2.05, 4.69) is 0 Å². The lowest BCUT2D eigenvalue weighted by atomic mass is 10.1. The van der Waals surface area contributed by atoms with E-state index in [1.54, 1.807) is 16.8 Å². The molecule has 94 valence electrons. The standard InChI is InChI=1S/C13H21N3O/c1-5-15(3)13(17)16(4)10(2)11-7-6-8-12(14)9-11/h6-10H,5,14H2,1-4H3. The van der Waals surface area contributed by atoms with Gasteiger partial charge in [-0.05, 0) is 31.5 Å². The average molecular weight is 235 g/mol. The van der Waals surface area contributed by atoms with Crippen molar-refractivity contribution in [1.82, 2.24) is 9.80 Å². The van der Waals surface area contributed by atoms with Gasteiger partial charge in [-0.2, -0.15) is 0 Å². The Morgan fingerprint density at radius 2 is 2.06 bits per heavy atom. The third-order valence-electron chi connectivity index (χ3n) is 3.08. The van der Waals surface area contributed by atoms with Crippen molar-refractivity contribution >= 4 is 11.7 Å². The fourth-order valence-corrected chi connectivity index (χ4v) is 1.61. The smallest absolute Gasteiger partial charge is 0.319 e. The minimum atomic E-state index is 0.0139. The minimum Gasteiger partial charge on any atom is -0.399 e. The van der Waals surface area contributed by atoms with Gasteiger partial charge < -0.3 is 15.5 Å². The van der Waals surface area contributed by atoms with Crippen LogP contribution in [0.2, 0.25) is 0 Å². The summed E-state index contributed by atoms with van der Waals surface area (Å²) >= 11 is 0. The van der Waals surface area contributed by atoms with Gasteiger partial charge in [-0.1, -0.05) is 12.1 Å². The van der Waals surface area contributed by atoms with Gasteiger partial charge in [0.05, 0.1) is 6.04 Å². The summed E-state index contributed by atoms with van der Waals surface area (Å²) in [5.74, 6) is 0. The minimum absolute atomic E-state index is 0.0139. The quantitative estimate of drug-likeness (QED) is 0.817. The lowest BCUT2D eigenvalue weighted by Gasteiger charge is -2.29. The number of hydrogen-bond acceptors (Lipinski definition) is 2. The van der Waals surface area contributed by atoms with Gasteiger partial charge in [0.2, 0.25) is 0 Å². The molecule has 0 aromatic heterocycles. The SMILES string of the molecule is CCN(C)C(=O)N(C)C(C)c1cccc(N)c1. The number of nitrogen functional groups attached to an aromatic ring is 1. The van der Waals surface area contributed by atoms with E-state index in [0.717, 1.165) is 11.3 Å². The lowest BCUT2D eigenvalue weighted by molar-refractivity contribution is 0.161. The zero-order valence-electron chi connectivity index (χ0n) is 11.0. The number of urea groups is 1. The van der Waals surface area contributed by atoms with Crippen LogP contribution in [-0.4, -0.2) is 36.5 Å². The first-order valence-corrected chi connectivity index (χ1v) is 5.80. The molecule has 0 heterocycles. The Hall–Kier alpha value is -1.71. The Morgan fingerprint density at radius 1 is 1.41 bits per heavy atom. The van der Waals surface area contributed by atoms with Gasteiger partial charge in [-0.15, -0.1) is 0 Å². The number of nitrogens with two attached hydrogens (primary N) is 1. The van der Waals surface area contributed by atoms with Crippen LogP contribution in [0.4, 0.5) is 10.5 Å². The molecule has 0 saturated heterocycles. The molecule has 0 aliphatic carbocycles. The summed E-state index contributed by atoms with van der Waals surface area (Å²) in [7, 11) is 3.60. The van der Waals surface area contributed by atoms with E-state index in [1.807, 2.05) is 45.2 Å². The summed E-state index contributed by atoms with van der Waals surface area (Å²) in [4.78, 5) is 15.4. The highest BCUT2D eigenvalue weighted by atomic mass is 16.2. The van der Waals surface area contributed by atoms with Crippen molar-refractivity contribution < 1.29 is 4.79 Å². The normalized spacial score (nSPS) is 12.0. The first kappa shape index (κ1) is 13.4. The van der Waals surface area contributed by atoms with Crippen LogP contribution in [0.1, 0.15) is 25.5 Å². The summed E-state index contributed by atoms with van der Waals surface area (Å²) in [6, 6.07) is 7.67. The van der Waals surface area contributed by atoms with E-state index in [1.165, 1.54) is 0 Å². The number of hydrogen-bond donors (Lipinski definition) is 1. The van der Waals surface area contributed by atoms with E-state index in [-0.39, 0.29) is 12.1 Å². The van der Waals surface area contributed by atoms with Gasteiger partial charge in [-0.25, -0.2) is 4.79 Å². The summed E-state index contributed by atoms with van der Waals surface area (Å²) in [6.07, 6.45) is 0. The first-order chi connectivity index (χ1) is 7.97. The second-order valence-corrected chi connectivity index (χ2v) is 4.25. The number of carbonyl (C=O) groups is 1. The van der Waals surface area contributed by atoms with Gasteiger partial charge in [0, 0.05) is 26.3 Å². The van der Waals surface area contributed by atoms with E-state index in [9.17, 15) is 4.79 Å². The summed E-state index contributed by atoms with van der Waals surface area (Å²) < 4.78 is 0. The Kier molecular flexibility index (Phi) is 4.37. The Bertz CT molecular complexity index is 392. The van der Waals surface area contributed by atoms with E-state index < -0.39 is 0 Å². The highest BCUT2D eigenvalue weighted by molar-refractivity contribution is 5.74. The average Bonchev–Trinajstić information content (AvgIpc) is 2.35. The van der Waals surface area contributed by atoms with Crippen LogP contribution < -0.4 is 5.73 Å². The number of benzene rings is 1. The van der Waals surface area contributed by atoms with Crippen molar-refractivity contribution in [1.29, 1.82) is 0 Å². The molecule has 2 amide bonds. The Labute approximate surface area is 103 Å². The molecule has 1 atom stereocenters. The molecule has 2 N–H and O–H groups in total. The van der Waals surface area contributed by atoms with Crippen LogP contribution in [0.25, 0.3) is 0 Å². The predicted octanol–water partition coefficient (Wildman–Crippen LogP) is 2.33. The maximum Gasteiger partial charge on any atom is 0.319 e. The first-order valence-electron chi connectivity index (χ1n) is 5.80. The number of carbonyl (C=O) groups excluding carboxylic acids is 1. The van der Waals surface area contributed by atoms with E-state index in [4.69, 9.17) is 5.73 Å². The lowest BCUT2D eigenvalue weighted by Crippen LogP contribution is -2.39. The highest BCUT2D eigenvalue weighted by Gasteiger charge is 2.19. The van der Waals surface area contributed by atoms with Crippen LogP contribution in [0.5, 0.6) is 0 Å². The molecule has 1 aromatic rings. The fraction of sp³-hybridized carbons (Fsp3) is 0.462. The van der Waals surface area contributed by atoms with Crippen molar-refractivity contribution in [3.63, 3.8) is 0 Å². The Balaban J connectivity index is 2.82. The second-order valence-electron chi connectivity index (χ2n) is 4.25. The fourth-order valence-electron chi connectivity index (χ4n) is 1.61. The van der Waals surface area contributed by atoms with Crippen LogP contribution in [0.15, 0.2) is 24.3 Å². The van der Waals surface area contributed by atoms with Crippen LogP contribution in [-0.2, 0) is 0 Å². The zero-order valence-corrected chi connectivity index (χ0v) is 11.0. The molecule has 0 aliphatic heterocycles. The van der Waals surface area contributed by atoms with Gasteiger partial charge in [-0.3, -0.25) is 0 Å². The van der Waals surface area contributed by atoms with Crippen LogP contribution in [0.3, 0.4) is 0 Å². The number of rotatable bonds is 3. The molecule has 17 heavy (non-hydrogen) atoms. The molecular weight excluding hydrogens is 214 g/mol. The maximum absolute atomic E-state index is 12.0. The summed E-state index contributed by atoms with van der Waals surface area (Å²) in [5, 5.41) is 0. The molecule has 1 rings (SSSR count). The van der Waals surface area contributed by atoms with Crippen molar-refractivity contribution in [3.05, 3.63) is 29.8 Å². The van der Waals surface area contributed by atoms with E-state index in [0.29, 0.717) is 6.54 Å². The van der Waals surface area contributed by atoms with Crippen molar-refractivity contribution in [3.8, 4) is 0 Å². The van der Waals surface area contributed by atoms with Crippen molar-refractivity contribution in [2.24, 2.45) is 0 Å². The number of anilines is 1. The van der Waals surface area contributed by atoms with Crippen molar-refractivity contribution in [2.45, 2.75) is 19.9 Å². The molecule has 1 aromatic carbocycles.